The van der Waals surface area contributed by atoms with Crippen molar-refractivity contribution in [3.8, 4) is 0 Å². The number of amides is 2. The summed E-state index contributed by atoms with van der Waals surface area (Å²) in [5, 5.41) is 6.21. The fraction of sp³-hybridized carbons (Fsp3) is 0.278. The summed E-state index contributed by atoms with van der Waals surface area (Å²) in [5.74, 6) is 0. The Labute approximate surface area is 136 Å². The van der Waals surface area contributed by atoms with Crippen LogP contribution >= 0.6 is 0 Å². The molecule has 0 heterocycles. The predicted molar refractivity (Wildman–Crippen MR) is 91.9 cm³/mol. The van der Waals surface area contributed by atoms with Crippen molar-refractivity contribution < 1.29 is 4.79 Å². The van der Waals surface area contributed by atoms with E-state index in [-0.39, 0.29) is 18.1 Å². The number of benzene rings is 2. The van der Waals surface area contributed by atoms with Crippen LogP contribution in [-0.2, 0) is 0 Å². The number of urea groups is 1. The minimum absolute atomic E-state index is 0.0954. The normalized spacial score (nSPS) is 20.8. The molecule has 3 unspecified atom stereocenters. The molecule has 1 aliphatic rings. The average Bonchev–Trinajstić information content (AvgIpc) is 2.84. The van der Waals surface area contributed by atoms with Crippen LogP contribution in [0.2, 0.25) is 0 Å². The van der Waals surface area contributed by atoms with Crippen LogP contribution < -0.4 is 22.1 Å². The second kappa shape index (κ2) is 6.40. The number of primary amides is 1. The number of hydrogen-bond donors (Lipinski definition) is 4. The van der Waals surface area contributed by atoms with Gasteiger partial charge in [0.1, 0.15) is 0 Å². The fourth-order valence-electron chi connectivity index (χ4n) is 3.23. The first-order valence-corrected chi connectivity index (χ1v) is 7.81. The Bertz CT molecular complexity index is 698. The minimum atomic E-state index is -0.555. The number of hydrogen-bond acceptors (Lipinski definition) is 3. The van der Waals surface area contributed by atoms with Crippen LogP contribution in [0.4, 0.5) is 10.5 Å². The number of nitrogens with two attached hydrogens (primary N) is 2. The molecule has 0 saturated heterocycles. The van der Waals surface area contributed by atoms with E-state index in [0.717, 1.165) is 12.0 Å². The Balaban J connectivity index is 1.70. The third kappa shape index (κ3) is 3.36. The molecular weight excluding hydrogens is 288 g/mol. The van der Waals surface area contributed by atoms with E-state index >= 15 is 0 Å². The number of carbonyl (C=O) groups excluding carboxylic acids is 1. The van der Waals surface area contributed by atoms with Crippen LogP contribution in [0.3, 0.4) is 0 Å². The van der Waals surface area contributed by atoms with Gasteiger partial charge in [-0.25, -0.2) is 4.79 Å². The molecule has 2 aromatic rings. The van der Waals surface area contributed by atoms with Crippen molar-refractivity contribution in [1.29, 1.82) is 0 Å². The summed E-state index contributed by atoms with van der Waals surface area (Å²) in [6, 6.07) is 16.0. The molecule has 3 rings (SSSR count). The van der Waals surface area contributed by atoms with E-state index in [1.807, 2.05) is 30.3 Å². The molecular formula is C18H22N4O. The largest absolute Gasteiger partial charge is 0.351 e. The van der Waals surface area contributed by atoms with Gasteiger partial charge in [-0.2, -0.15) is 0 Å². The first kappa shape index (κ1) is 15.5. The maximum atomic E-state index is 10.9. The molecule has 2 aromatic carbocycles. The van der Waals surface area contributed by atoms with Crippen molar-refractivity contribution >= 4 is 11.7 Å². The van der Waals surface area contributed by atoms with E-state index in [2.05, 4.69) is 35.8 Å². The first-order chi connectivity index (χ1) is 11.0. The average molecular weight is 310 g/mol. The molecule has 3 atom stereocenters. The van der Waals surface area contributed by atoms with Gasteiger partial charge < -0.3 is 22.1 Å². The standard InChI is InChI=1S/C18H22N4O/c1-11(12-6-8-13(9-7-12)22-18(20)23)21-17-10-16(19)14-4-2-3-5-15(14)17/h2-9,11,16-17,21H,10,19H2,1H3,(H3,20,22,23). The van der Waals surface area contributed by atoms with Gasteiger partial charge in [-0.05, 0) is 42.2 Å². The second-order valence-corrected chi connectivity index (χ2v) is 6.02. The van der Waals surface area contributed by atoms with E-state index in [0.29, 0.717) is 5.69 Å². The van der Waals surface area contributed by atoms with Crippen LogP contribution in [0.1, 0.15) is 48.2 Å². The van der Waals surface area contributed by atoms with Crippen molar-refractivity contribution in [3.63, 3.8) is 0 Å². The Hall–Kier alpha value is -2.37. The number of nitrogens with one attached hydrogen (secondary N) is 2. The lowest BCUT2D eigenvalue weighted by molar-refractivity contribution is 0.259. The smallest absolute Gasteiger partial charge is 0.316 e. The van der Waals surface area contributed by atoms with E-state index in [9.17, 15) is 4.79 Å². The van der Waals surface area contributed by atoms with Crippen molar-refractivity contribution in [1.82, 2.24) is 5.32 Å². The van der Waals surface area contributed by atoms with Gasteiger partial charge in [-0.1, -0.05) is 36.4 Å². The molecule has 0 fully saturated rings. The van der Waals surface area contributed by atoms with Crippen LogP contribution in [0, 0.1) is 0 Å². The number of carbonyl (C=O) groups is 1. The summed E-state index contributed by atoms with van der Waals surface area (Å²) >= 11 is 0. The summed E-state index contributed by atoms with van der Waals surface area (Å²) in [5.41, 5.74) is 15.7. The summed E-state index contributed by atoms with van der Waals surface area (Å²) in [6.45, 7) is 2.13. The van der Waals surface area contributed by atoms with Crippen molar-refractivity contribution in [2.45, 2.75) is 31.5 Å². The van der Waals surface area contributed by atoms with E-state index < -0.39 is 6.03 Å². The fourth-order valence-corrected chi connectivity index (χ4v) is 3.23. The molecule has 23 heavy (non-hydrogen) atoms. The molecule has 5 nitrogen and oxygen atoms in total. The van der Waals surface area contributed by atoms with Crippen LogP contribution in [0.25, 0.3) is 0 Å². The second-order valence-electron chi connectivity index (χ2n) is 6.02. The van der Waals surface area contributed by atoms with Gasteiger partial charge in [-0.3, -0.25) is 0 Å². The lowest BCUT2D eigenvalue weighted by Gasteiger charge is -2.21. The Morgan fingerprint density at radius 1 is 1.13 bits per heavy atom. The molecule has 2 amide bonds. The molecule has 1 aliphatic carbocycles. The maximum absolute atomic E-state index is 10.9. The lowest BCUT2D eigenvalue weighted by atomic mass is 10.0. The van der Waals surface area contributed by atoms with Gasteiger partial charge in [0.05, 0.1) is 0 Å². The molecule has 0 bridgehead atoms. The highest BCUT2D eigenvalue weighted by molar-refractivity contribution is 5.87. The number of fused-ring (bicyclic) bond motifs is 1. The monoisotopic (exact) mass is 310 g/mol. The number of rotatable bonds is 4. The number of anilines is 1. The van der Waals surface area contributed by atoms with Crippen molar-refractivity contribution in [3.05, 3.63) is 65.2 Å². The Kier molecular flexibility index (Phi) is 4.32. The summed E-state index contributed by atoms with van der Waals surface area (Å²) in [7, 11) is 0. The van der Waals surface area contributed by atoms with Gasteiger partial charge in [0.15, 0.2) is 0 Å². The molecule has 6 N–H and O–H groups in total. The van der Waals surface area contributed by atoms with Gasteiger partial charge in [0, 0.05) is 23.8 Å². The summed E-state index contributed by atoms with van der Waals surface area (Å²) in [6.07, 6.45) is 0.908. The lowest BCUT2D eigenvalue weighted by Crippen LogP contribution is -2.23. The molecule has 5 heteroatoms. The highest BCUT2D eigenvalue weighted by Gasteiger charge is 2.28. The van der Waals surface area contributed by atoms with Gasteiger partial charge >= 0.3 is 6.03 Å². The minimum Gasteiger partial charge on any atom is -0.351 e. The van der Waals surface area contributed by atoms with Crippen molar-refractivity contribution in [2.24, 2.45) is 11.5 Å². The molecule has 0 spiro atoms. The van der Waals surface area contributed by atoms with Crippen LogP contribution in [-0.4, -0.2) is 6.03 Å². The summed E-state index contributed by atoms with van der Waals surface area (Å²) in [4.78, 5) is 10.9. The Morgan fingerprint density at radius 3 is 2.43 bits per heavy atom. The third-order valence-corrected chi connectivity index (χ3v) is 4.39. The van der Waals surface area contributed by atoms with E-state index in [1.165, 1.54) is 11.1 Å². The van der Waals surface area contributed by atoms with Gasteiger partial charge in [0.2, 0.25) is 0 Å². The van der Waals surface area contributed by atoms with Crippen LogP contribution in [0.5, 0.6) is 0 Å². The highest BCUT2D eigenvalue weighted by Crippen LogP contribution is 2.38. The zero-order chi connectivity index (χ0) is 16.4. The zero-order valence-electron chi connectivity index (χ0n) is 13.1. The van der Waals surface area contributed by atoms with Gasteiger partial charge in [0.25, 0.3) is 0 Å². The van der Waals surface area contributed by atoms with Crippen molar-refractivity contribution in [2.75, 3.05) is 5.32 Å². The molecule has 0 radical (unpaired) electrons. The molecule has 120 valence electrons. The Morgan fingerprint density at radius 2 is 1.78 bits per heavy atom. The zero-order valence-corrected chi connectivity index (χ0v) is 13.1. The highest BCUT2D eigenvalue weighted by atomic mass is 16.2. The maximum Gasteiger partial charge on any atom is 0.316 e. The molecule has 0 saturated carbocycles. The third-order valence-electron chi connectivity index (χ3n) is 4.39. The predicted octanol–water partition coefficient (Wildman–Crippen LogP) is 2.97. The molecule has 0 aliphatic heterocycles. The van der Waals surface area contributed by atoms with Gasteiger partial charge in [-0.15, -0.1) is 0 Å². The van der Waals surface area contributed by atoms with E-state index in [4.69, 9.17) is 11.5 Å². The van der Waals surface area contributed by atoms with Crippen LogP contribution in [0.15, 0.2) is 48.5 Å². The first-order valence-electron chi connectivity index (χ1n) is 7.81. The van der Waals surface area contributed by atoms with E-state index in [1.54, 1.807) is 0 Å². The topological polar surface area (TPSA) is 93.2 Å². The SMILES string of the molecule is CC(NC1CC(N)c2ccccc21)c1ccc(NC(N)=O)cc1. The molecule has 0 aromatic heterocycles. The quantitative estimate of drug-likeness (QED) is 0.699. The summed E-state index contributed by atoms with van der Waals surface area (Å²) < 4.78 is 0.